The van der Waals surface area contributed by atoms with Gasteiger partial charge >= 0.3 is 0 Å². The first-order valence-electron chi connectivity index (χ1n) is 10.6. The van der Waals surface area contributed by atoms with Crippen LogP contribution in [0.3, 0.4) is 0 Å². The lowest BCUT2D eigenvalue weighted by Crippen LogP contribution is -2.34. The van der Waals surface area contributed by atoms with Crippen molar-refractivity contribution in [2.24, 2.45) is 0 Å². The first-order valence-corrected chi connectivity index (χ1v) is 10.9. The second-order valence-electron chi connectivity index (χ2n) is 8.28. The van der Waals surface area contributed by atoms with Gasteiger partial charge in [0, 0.05) is 44.8 Å². The third kappa shape index (κ3) is 4.70. The normalized spacial score (nSPS) is 17.0. The van der Waals surface area contributed by atoms with E-state index in [1.807, 2.05) is 43.5 Å². The van der Waals surface area contributed by atoms with Crippen LogP contribution in [0.15, 0.2) is 42.9 Å². The van der Waals surface area contributed by atoms with Crippen LogP contribution in [0.25, 0.3) is 11.1 Å². The topological polar surface area (TPSA) is 45.2 Å². The molecule has 31 heavy (non-hydrogen) atoms. The van der Waals surface area contributed by atoms with Gasteiger partial charge in [0.2, 0.25) is 5.95 Å². The molecule has 0 saturated carbocycles. The first kappa shape index (κ1) is 21.7. The van der Waals surface area contributed by atoms with Crippen molar-refractivity contribution in [3.63, 3.8) is 0 Å². The summed E-state index contributed by atoms with van der Waals surface area (Å²) in [5, 5.41) is 0.154. The molecule has 0 bridgehead atoms. The summed E-state index contributed by atoms with van der Waals surface area (Å²) >= 11 is 5.88. The summed E-state index contributed by atoms with van der Waals surface area (Å²) in [6.07, 6.45) is 8.84. The van der Waals surface area contributed by atoms with Crippen LogP contribution in [-0.2, 0) is 6.54 Å². The molecule has 7 heteroatoms. The molecule has 0 spiro atoms. The fourth-order valence-electron chi connectivity index (χ4n) is 4.20. The fraction of sp³-hybridized carbons (Fsp3) is 0.375. The van der Waals surface area contributed by atoms with E-state index in [9.17, 15) is 4.39 Å². The predicted molar refractivity (Wildman–Crippen MR) is 123 cm³/mol. The van der Waals surface area contributed by atoms with E-state index in [1.54, 1.807) is 12.3 Å². The molecule has 1 aliphatic rings. The van der Waals surface area contributed by atoms with E-state index >= 15 is 0 Å². The van der Waals surface area contributed by atoms with E-state index in [-0.39, 0.29) is 16.9 Å². The zero-order valence-electron chi connectivity index (χ0n) is 18.1. The zero-order chi connectivity index (χ0) is 22.0. The molecule has 5 nitrogen and oxygen atoms in total. The Labute approximate surface area is 187 Å². The maximum absolute atomic E-state index is 14.0. The van der Waals surface area contributed by atoms with Crippen LogP contribution in [0.5, 0.6) is 0 Å². The highest BCUT2D eigenvalue weighted by Crippen LogP contribution is 2.38. The van der Waals surface area contributed by atoms with Crippen LogP contribution in [0.4, 0.5) is 10.3 Å². The largest absolute Gasteiger partial charge is 0.347 e. The number of halogens is 2. The lowest BCUT2D eigenvalue weighted by Gasteiger charge is -2.36. The molecule has 0 amide bonds. The third-order valence-electron chi connectivity index (χ3n) is 5.81. The van der Waals surface area contributed by atoms with E-state index in [1.165, 1.54) is 6.07 Å². The Kier molecular flexibility index (Phi) is 6.49. The van der Waals surface area contributed by atoms with Crippen LogP contribution < -0.4 is 4.90 Å². The van der Waals surface area contributed by atoms with Crippen molar-refractivity contribution < 1.29 is 4.39 Å². The summed E-state index contributed by atoms with van der Waals surface area (Å²) in [7, 11) is 3.90. The number of likely N-dealkylation sites (tertiary alicyclic amines) is 1. The predicted octanol–water partition coefficient (Wildman–Crippen LogP) is 5.43. The van der Waals surface area contributed by atoms with Crippen LogP contribution in [0, 0.1) is 12.7 Å². The maximum Gasteiger partial charge on any atom is 0.225 e. The van der Waals surface area contributed by atoms with Gasteiger partial charge in [-0.2, -0.15) is 0 Å². The van der Waals surface area contributed by atoms with Crippen molar-refractivity contribution in [1.82, 2.24) is 19.9 Å². The minimum atomic E-state index is -0.377. The lowest BCUT2D eigenvalue weighted by molar-refractivity contribution is 0.137. The summed E-state index contributed by atoms with van der Waals surface area (Å²) in [5.74, 6) is 0.311. The van der Waals surface area contributed by atoms with Crippen molar-refractivity contribution in [3.05, 3.63) is 70.5 Å². The molecule has 0 aliphatic carbocycles. The molecule has 1 aromatic carbocycles. The lowest BCUT2D eigenvalue weighted by atomic mass is 9.92. The van der Waals surface area contributed by atoms with Gasteiger partial charge in [0.15, 0.2) is 0 Å². The third-order valence-corrected chi connectivity index (χ3v) is 6.12. The monoisotopic (exact) mass is 439 g/mol. The van der Waals surface area contributed by atoms with E-state index in [4.69, 9.17) is 16.6 Å². The number of pyridine rings is 1. The SMILES string of the molecule is Cc1cnccc1-c1cnc(N(C)C)nc1C1CCCCN1Cc1ccc(Cl)c(F)c1. The first-order chi connectivity index (χ1) is 14.9. The molecule has 162 valence electrons. The Morgan fingerprint density at radius 1 is 1.16 bits per heavy atom. The van der Waals surface area contributed by atoms with Gasteiger partial charge in [-0.25, -0.2) is 14.4 Å². The number of benzene rings is 1. The standard InChI is InChI=1S/C24H27ClFN5/c1-16-13-27-10-9-18(16)19-14-28-24(30(2)3)29-23(19)22-6-4-5-11-31(22)15-17-7-8-20(25)21(26)12-17/h7-10,12-14,22H,4-6,11,15H2,1-3H3. The van der Waals surface area contributed by atoms with Crippen LogP contribution in [0.2, 0.25) is 5.02 Å². The van der Waals surface area contributed by atoms with Gasteiger partial charge in [-0.1, -0.05) is 24.1 Å². The van der Waals surface area contributed by atoms with Gasteiger partial charge in [-0.05, 0) is 61.2 Å². The summed E-state index contributed by atoms with van der Waals surface area (Å²) in [5.41, 5.74) is 5.15. The maximum atomic E-state index is 14.0. The summed E-state index contributed by atoms with van der Waals surface area (Å²) in [6.45, 7) is 3.64. The quantitative estimate of drug-likeness (QED) is 0.530. The van der Waals surface area contributed by atoms with Gasteiger partial charge in [0.05, 0.1) is 16.8 Å². The number of piperidine rings is 1. The number of hydrogen-bond donors (Lipinski definition) is 0. The van der Waals surface area contributed by atoms with Crippen LogP contribution in [-0.4, -0.2) is 40.5 Å². The molecule has 1 fully saturated rings. The Morgan fingerprint density at radius 2 is 2.00 bits per heavy atom. The second kappa shape index (κ2) is 9.28. The van der Waals surface area contributed by atoms with E-state index in [0.717, 1.165) is 53.8 Å². The van der Waals surface area contributed by atoms with Crippen molar-refractivity contribution in [1.29, 1.82) is 0 Å². The number of nitrogens with zero attached hydrogens (tertiary/aromatic N) is 5. The molecule has 3 aromatic rings. The molecule has 4 rings (SSSR count). The molecule has 2 aromatic heterocycles. The molecule has 1 saturated heterocycles. The molecule has 1 aliphatic heterocycles. The van der Waals surface area contributed by atoms with Crippen molar-refractivity contribution in [2.75, 3.05) is 25.5 Å². The Hall–Kier alpha value is -2.57. The van der Waals surface area contributed by atoms with E-state index in [2.05, 4.69) is 21.8 Å². The number of aryl methyl sites for hydroxylation is 1. The molecule has 0 radical (unpaired) electrons. The number of rotatable bonds is 5. The van der Waals surface area contributed by atoms with Gasteiger partial charge in [-0.15, -0.1) is 0 Å². The van der Waals surface area contributed by atoms with Gasteiger partial charge in [-0.3, -0.25) is 9.88 Å². The number of anilines is 1. The minimum absolute atomic E-state index is 0.122. The number of aromatic nitrogens is 3. The minimum Gasteiger partial charge on any atom is -0.347 e. The second-order valence-corrected chi connectivity index (χ2v) is 8.69. The fourth-order valence-corrected chi connectivity index (χ4v) is 4.32. The highest BCUT2D eigenvalue weighted by atomic mass is 35.5. The summed E-state index contributed by atoms with van der Waals surface area (Å²) < 4.78 is 14.0. The van der Waals surface area contributed by atoms with Gasteiger partial charge in [0.25, 0.3) is 0 Å². The van der Waals surface area contributed by atoms with Crippen molar-refractivity contribution >= 4 is 17.5 Å². The van der Waals surface area contributed by atoms with Gasteiger partial charge < -0.3 is 4.90 Å². The van der Waals surface area contributed by atoms with Crippen LogP contribution >= 0.6 is 11.6 Å². The Balaban J connectivity index is 1.76. The summed E-state index contributed by atoms with van der Waals surface area (Å²) in [6, 6.07) is 7.21. The highest BCUT2D eigenvalue weighted by molar-refractivity contribution is 6.30. The van der Waals surface area contributed by atoms with Gasteiger partial charge in [0.1, 0.15) is 5.82 Å². The molecule has 3 heterocycles. The molecular formula is C24H27ClFN5. The summed E-state index contributed by atoms with van der Waals surface area (Å²) in [4.78, 5) is 18.1. The molecule has 0 N–H and O–H groups in total. The van der Waals surface area contributed by atoms with E-state index < -0.39 is 0 Å². The van der Waals surface area contributed by atoms with E-state index in [0.29, 0.717) is 12.5 Å². The highest BCUT2D eigenvalue weighted by Gasteiger charge is 2.29. The van der Waals surface area contributed by atoms with Crippen molar-refractivity contribution in [2.45, 2.75) is 38.8 Å². The average Bonchev–Trinajstić information content (AvgIpc) is 2.77. The smallest absolute Gasteiger partial charge is 0.225 e. The number of hydrogen-bond acceptors (Lipinski definition) is 5. The molecular weight excluding hydrogens is 413 g/mol. The Bertz CT molecular complexity index is 1070. The van der Waals surface area contributed by atoms with Crippen molar-refractivity contribution in [3.8, 4) is 11.1 Å². The van der Waals surface area contributed by atoms with Crippen LogP contribution in [0.1, 0.15) is 42.1 Å². The Morgan fingerprint density at radius 3 is 2.74 bits per heavy atom. The zero-order valence-corrected chi connectivity index (χ0v) is 18.9. The molecule has 1 unspecified atom stereocenters. The molecule has 1 atom stereocenters. The average molecular weight is 440 g/mol.